The van der Waals surface area contributed by atoms with Crippen molar-refractivity contribution in [3.63, 3.8) is 0 Å². The Balaban J connectivity index is 1.89. The van der Waals surface area contributed by atoms with E-state index >= 15 is 0 Å². The summed E-state index contributed by atoms with van der Waals surface area (Å²) in [6.45, 7) is 12.2. The molecule has 0 saturated carbocycles. The van der Waals surface area contributed by atoms with Crippen LogP contribution in [0.5, 0.6) is 0 Å². The second kappa shape index (κ2) is 11.4. The summed E-state index contributed by atoms with van der Waals surface area (Å²) in [5, 5.41) is 1.38. The molecule has 2 aromatic carbocycles. The van der Waals surface area contributed by atoms with Gasteiger partial charge in [0.1, 0.15) is 0 Å². The molecule has 0 N–H and O–H groups in total. The van der Waals surface area contributed by atoms with Gasteiger partial charge in [0.25, 0.3) is 0 Å². The van der Waals surface area contributed by atoms with Crippen molar-refractivity contribution >= 4 is 10.9 Å². The third-order valence-corrected chi connectivity index (χ3v) is 6.38. The summed E-state index contributed by atoms with van der Waals surface area (Å²) >= 11 is 0. The van der Waals surface area contributed by atoms with Crippen LogP contribution in [0, 0.1) is 6.92 Å². The highest BCUT2D eigenvalue weighted by atomic mass is 15.1. The SMILES string of the molecule is CCCCCCCCc1cc(C)ccc1-n1cc(CN(CC)CC)c2ccccc21. The van der Waals surface area contributed by atoms with Gasteiger partial charge in [0.05, 0.1) is 5.52 Å². The Morgan fingerprint density at radius 2 is 1.53 bits per heavy atom. The topological polar surface area (TPSA) is 8.17 Å². The van der Waals surface area contributed by atoms with Crippen LogP contribution in [0.15, 0.2) is 48.7 Å². The van der Waals surface area contributed by atoms with Gasteiger partial charge in [-0.05, 0) is 56.1 Å². The maximum atomic E-state index is 2.50. The lowest BCUT2D eigenvalue weighted by Gasteiger charge is -2.17. The fourth-order valence-corrected chi connectivity index (χ4v) is 4.51. The van der Waals surface area contributed by atoms with Crippen molar-refractivity contribution in [2.45, 2.75) is 79.2 Å². The van der Waals surface area contributed by atoms with E-state index in [1.807, 2.05) is 0 Å². The van der Waals surface area contributed by atoms with Crippen LogP contribution in [0.1, 0.15) is 76.0 Å². The van der Waals surface area contributed by atoms with Crippen LogP contribution in [0.3, 0.4) is 0 Å². The van der Waals surface area contributed by atoms with Gasteiger partial charge in [-0.15, -0.1) is 0 Å². The van der Waals surface area contributed by atoms with Crippen molar-refractivity contribution in [3.8, 4) is 5.69 Å². The molecule has 0 aliphatic heterocycles. The van der Waals surface area contributed by atoms with Crippen LogP contribution < -0.4 is 0 Å². The fourth-order valence-electron chi connectivity index (χ4n) is 4.51. The standard InChI is InChI=1S/C28H40N2/c1-5-8-9-10-11-12-15-24-20-23(4)18-19-27(24)30-22-25(21-29(6-2)7-3)26-16-13-14-17-28(26)30/h13-14,16-20,22H,5-12,15,21H2,1-4H3. The zero-order chi connectivity index (χ0) is 21.3. The van der Waals surface area contributed by atoms with E-state index in [0.29, 0.717) is 0 Å². The van der Waals surface area contributed by atoms with Gasteiger partial charge in [-0.3, -0.25) is 4.90 Å². The number of para-hydroxylation sites is 1. The zero-order valence-electron chi connectivity index (χ0n) is 19.6. The molecule has 30 heavy (non-hydrogen) atoms. The van der Waals surface area contributed by atoms with Gasteiger partial charge in [0.2, 0.25) is 0 Å². The Hall–Kier alpha value is -2.06. The average Bonchev–Trinajstić information content (AvgIpc) is 3.13. The maximum Gasteiger partial charge on any atom is 0.0531 e. The number of hydrogen-bond donors (Lipinski definition) is 0. The smallest absolute Gasteiger partial charge is 0.0531 e. The maximum absolute atomic E-state index is 2.50. The molecular formula is C28H40N2. The summed E-state index contributed by atoms with van der Waals surface area (Å²) in [6.07, 6.45) is 11.6. The first-order chi connectivity index (χ1) is 14.7. The van der Waals surface area contributed by atoms with Crippen LogP contribution >= 0.6 is 0 Å². The molecule has 3 rings (SSSR count). The van der Waals surface area contributed by atoms with Crippen LogP contribution in [-0.4, -0.2) is 22.6 Å². The predicted molar refractivity (Wildman–Crippen MR) is 132 cm³/mol. The Kier molecular flexibility index (Phi) is 8.57. The molecule has 162 valence electrons. The summed E-state index contributed by atoms with van der Waals surface area (Å²) in [4.78, 5) is 2.50. The minimum atomic E-state index is 1.01. The third kappa shape index (κ3) is 5.55. The first-order valence-electron chi connectivity index (χ1n) is 12.1. The molecule has 2 nitrogen and oxygen atoms in total. The Morgan fingerprint density at radius 3 is 2.30 bits per heavy atom. The van der Waals surface area contributed by atoms with Gasteiger partial charge in [-0.2, -0.15) is 0 Å². The number of rotatable bonds is 12. The molecule has 0 unspecified atom stereocenters. The molecular weight excluding hydrogens is 364 g/mol. The number of nitrogens with zero attached hydrogens (tertiary/aromatic N) is 2. The number of benzene rings is 2. The predicted octanol–water partition coefficient (Wildman–Crippen LogP) is 7.68. The molecule has 3 aromatic rings. The van der Waals surface area contributed by atoms with Crippen molar-refractivity contribution < 1.29 is 0 Å². The number of unbranched alkanes of at least 4 members (excludes halogenated alkanes) is 5. The van der Waals surface area contributed by atoms with Gasteiger partial charge in [0.15, 0.2) is 0 Å². The summed E-state index contributed by atoms with van der Waals surface area (Å²) in [7, 11) is 0. The molecule has 0 bridgehead atoms. The lowest BCUT2D eigenvalue weighted by Crippen LogP contribution is -2.21. The lowest BCUT2D eigenvalue weighted by atomic mass is 10.0. The average molecular weight is 405 g/mol. The van der Waals surface area contributed by atoms with Gasteiger partial charge in [-0.25, -0.2) is 0 Å². The van der Waals surface area contributed by atoms with E-state index in [1.54, 1.807) is 0 Å². The van der Waals surface area contributed by atoms with E-state index < -0.39 is 0 Å². The molecule has 0 spiro atoms. The van der Waals surface area contributed by atoms with Crippen LogP contribution in [0.2, 0.25) is 0 Å². The molecule has 2 heteroatoms. The summed E-state index contributed by atoms with van der Waals surface area (Å²) < 4.78 is 2.44. The number of fused-ring (bicyclic) bond motifs is 1. The van der Waals surface area contributed by atoms with Crippen molar-refractivity contribution in [1.29, 1.82) is 0 Å². The van der Waals surface area contributed by atoms with Crippen molar-refractivity contribution in [2.75, 3.05) is 13.1 Å². The minimum absolute atomic E-state index is 1.01. The Labute approximate surface area is 183 Å². The molecule has 0 fully saturated rings. The summed E-state index contributed by atoms with van der Waals surface area (Å²) in [5.74, 6) is 0. The summed E-state index contributed by atoms with van der Waals surface area (Å²) in [5.41, 5.74) is 6.96. The number of aromatic nitrogens is 1. The monoisotopic (exact) mass is 404 g/mol. The van der Waals surface area contributed by atoms with Gasteiger partial charge in [-0.1, -0.05) is 88.8 Å². The van der Waals surface area contributed by atoms with E-state index in [0.717, 1.165) is 19.6 Å². The summed E-state index contributed by atoms with van der Waals surface area (Å²) in [6, 6.07) is 15.9. The second-order valence-corrected chi connectivity index (χ2v) is 8.65. The van der Waals surface area contributed by atoms with Gasteiger partial charge < -0.3 is 4.57 Å². The largest absolute Gasteiger partial charge is 0.316 e. The number of hydrogen-bond acceptors (Lipinski definition) is 1. The Morgan fingerprint density at radius 1 is 0.800 bits per heavy atom. The zero-order valence-corrected chi connectivity index (χ0v) is 19.6. The molecule has 1 heterocycles. The first kappa shape index (κ1) is 22.6. The van der Waals surface area contributed by atoms with E-state index in [9.17, 15) is 0 Å². The molecule has 0 saturated heterocycles. The first-order valence-corrected chi connectivity index (χ1v) is 12.1. The lowest BCUT2D eigenvalue weighted by molar-refractivity contribution is 0.297. The van der Waals surface area contributed by atoms with Gasteiger partial charge >= 0.3 is 0 Å². The van der Waals surface area contributed by atoms with Crippen LogP contribution in [0.25, 0.3) is 16.6 Å². The quantitative estimate of drug-likeness (QED) is 0.281. The molecule has 0 amide bonds. The highest BCUT2D eigenvalue weighted by Gasteiger charge is 2.14. The highest BCUT2D eigenvalue weighted by molar-refractivity contribution is 5.85. The third-order valence-electron chi connectivity index (χ3n) is 6.38. The Bertz CT molecular complexity index is 918. The van der Waals surface area contributed by atoms with E-state index in [-0.39, 0.29) is 0 Å². The fraction of sp³-hybridized carbons (Fsp3) is 0.500. The van der Waals surface area contributed by atoms with E-state index in [2.05, 4.69) is 85.8 Å². The highest BCUT2D eigenvalue weighted by Crippen LogP contribution is 2.29. The van der Waals surface area contributed by atoms with E-state index in [1.165, 1.54) is 78.2 Å². The van der Waals surface area contributed by atoms with Crippen molar-refractivity contribution in [3.05, 3.63) is 65.4 Å². The van der Waals surface area contributed by atoms with Crippen molar-refractivity contribution in [1.82, 2.24) is 9.47 Å². The van der Waals surface area contributed by atoms with Gasteiger partial charge in [0, 0.05) is 23.8 Å². The number of aryl methyl sites for hydroxylation is 2. The molecule has 0 aliphatic rings. The minimum Gasteiger partial charge on any atom is -0.316 e. The molecule has 0 aliphatic carbocycles. The van der Waals surface area contributed by atoms with Crippen molar-refractivity contribution in [2.24, 2.45) is 0 Å². The molecule has 1 aromatic heterocycles. The molecule has 0 atom stereocenters. The van der Waals surface area contributed by atoms with Crippen LogP contribution in [0.4, 0.5) is 0 Å². The molecule has 0 radical (unpaired) electrons. The normalized spacial score (nSPS) is 11.6. The van der Waals surface area contributed by atoms with Crippen LogP contribution in [-0.2, 0) is 13.0 Å². The second-order valence-electron chi connectivity index (χ2n) is 8.65. The van der Waals surface area contributed by atoms with E-state index in [4.69, 9.17) is 0 Å².